The number of rotatable bonds is 3. The van der Waals surface area contributed by atoms with Crippen molar-refractivity contribution in [2.75, 3.05) is 0 Å². The predicted molar refractivity (Wildman–Crippen MR) is 109 cm³/mol. The first-order chi connectivity index (χ1) is 12.9. The number of halogens is 2. The van der Waals surface area contributed by atoms with Crippen LogP contribution >= 0.6 is 23.8 Å². The average molecular weight is 397 g/mol. The molecule has 0 atom stereocenters. The summed E-state index contributed by atoms with van der Waals surface area (Å²) in [5.74, 6) is 0.216. The zero-order valence-corrected chi connectivity index (χ0v) is 15.9. The van der Waals surface area contributed by atoms with Crippen LogP contribution in [0.2, 0.25) is 5.02 Å². The number of nitrogens with two attached hydrogens (primary N) is 1. The Hall–Kier alpha value is -2.83. The highest BCUT2D eigenvalue weighted by Gasteiger charge is 2.19. The van der Waals surface area contributed by atoms with Gasteiger partial charge in [-0.2, -0.15) is 0 Å². The lowest BCUT2D eigenvalue weighted by molar-refractivity contribution is 0.628. The molecule has 2 heterocycles. The van der Waals surface area contributed by atoms with Crippen molar-refractivity contribution in [2.45, 2.75) is 6.92 Å². The van der Waals surface area contributed by atoms with E-state index in [-0.39, 0.29) is 10.8 Å². The lowest BCUT2D eigenvalue weighted by atomic mass is 10.00. The SMILES string of the molecule is Cc1cc(-c2ccc(F)cc2)c(C(N)=S)c2nc(-c3cccc(Cl)c3)nn12. The molecule has 4 nitrogen and oxygen atoms in total. The third-order valence-corrected chi connectivity index (χ3v) is 4.71. The van der Waals surface area contributed by atoms with Gasteiger partial charge in [-0.25, -0.2) is 13.9 Å². The van der Waals surface area contributed by atoms with Gasteiger partial charge in [0.25, 0.3) is 0 Å². The molecule has 0 unspecified atom stereocenters. The summed E-state index contributed by atoms with van der Waals surface area (Å²) in [5, 5.41) is 5.19. The monoisotopic (exact) mass is 396 g/mol. The van der Waals surface area contributed by atoms with E-state index in [1.807, 2.05) is 25.1 Å². The standard InChI is InChI=1S/C20H14ClFN4S/c1-11-9-16(12-5-7-15(22)8-6-12)17(18(23)27)20-24-19(25-26(11)20)13-3-2-4-14(21)10-13/h2-10H,1H3,(H2,23,27). The molecule has 2 N–H and O–H groups in total. The first kappa shape index (κ1) is 17.6. The second-order valence-corrected chi connectivity index (χ2v) is 7.00. The highest BCUT2D eigenvalue weighted by Crippen LogP contribution is 2.30. The molecule has 27 heavy (non-hydrogen) atoms. The summed E-state index contributed by atoms with van der Waals surface area (Å²) in [4.78, 5) is 4.86. The number of hydrogen-bond acceptors (Lipinski definition) is 3. The van der Waals surface area contributed by atoms with Crippen molar-refractivity contribution in [3.8, 4) is 22.5 Å². The van der Waals surface area contributed by atoms with Gasteiger partial charge in [0.15, 0.2) is 11.5 Å². The fourth-order valence-corrected chi connectivity index (χ4v) is 3.42. The van der Waals surface area contributed by atoms with Crippen molar-refractivity contribution in [3.63, 3.8) is 0 Å². The Bertz CT molecular complexity index is 1180. The molecule has 0 aliphatic rings. The molecule has 0 radical (unpaired) electrons. The molecule has 7 heteroatoms. The van der Waals surface area contributed by atoms with E-state index in [0.717, 1.165) is 22.4 Å². The predicted octanol–water partition coefficient (Wildman–Crippen LogP) is 4.80. The van der Waals surface area contributed by atoms with Crippen LogP contribution < -0.4 is 5.73 Å². The molecule has 0 fully saturated rings. The van der Waals surface area contributed by atoms with Gasteiger partial charge in [-0.15, -0.1) is 5.10 Å². The Balaban J connectivity index is 2.00. The fourth-order valence-electron chi connectivity index (χ4n) is 3.03. The van der Waals surface area contributed by atoms with Crippen molar-refractivity contribution in [1.29, 1.82) is 0 Å². The summed E-state index contributed by atoms with van der Waals surface area (Å²) >= 11 is 11.4. The Morgan fingerprint density at radius 1 is 1.11 bits per heavy atom. The van der Waals surface area contributed by atoms with E-state index in [1.165, 1.54) is 12.1 Å². The molecular weight excluding hydrogens is 383 g/mol. The number of aromatic nitrogens is 3. The number of thiocarbonyl (C=S) groups is 1. The number of hydrogen-bond donors (Lipinski definition) is 1. The van der Waals surface area contributed by atoms with Gasteiger partial charge in [0, 0.05) is 16.3 Å². The van der Waals surface area contributed by atoms with Crippen molar-refractivity contribution >= 4 is 34.5 Å². The van der Waals surface area contributed by atoms with Gasteiger partial charge in [-0.3, -0.25) is 0 Å². The van der Waals surface area contributed by atoms with Crippen LogP contribution in [0.4, 0.5) is 4.39 Å². The van der Waals surface area contributed by atoms with Crippen LogP contribution in [0.3, 0.4) is 0 Å². The summed E-state index contributed by atoms with van der Waals surface area (Å²) in [6.45, 7) is 1.92. The van der Waals surface area contributed by atoms with Gasteiger partial charge < -0.3 is 5.73 Å². The van der Waals surface area contributed by atoms with Crippen LogP contribution in [0, 0.1) is 12.7 Å². The highest BCUT2D eigenvalue weighted by atomic mass is 35.5. The molecule has 4 rings (SSSR count). The van der Waals surface area contributed by atoms with Crippen molar-refractivity contribution in [2.24, 2.45) is 5.73 Å². The van der Waals surface area contributed by atoms with E-state index >= 15 is 0 Å². The quantitative estimate of drug-likeness (QED) is 0.505. The van der Waals surface area contributed by atoms with Crippen molar-refractivity contribution in [3.05, 3.63) is 76.7 Å². The molecule has 2 aromatic carbocycles. The van der Waals surface area contributed by atoms with Gasteiger partial charge in [-0.05, 0) is 48.4 Å². The van der Waals surface area contributed by atoms with Crippen LogP contribution in [0.25, 0.3) is 28.2 Å². The number of fused-ring (bicyclic) bond motifs is 1. The Labute approximate surface area is 165 Å². The van der Waals surface area contributed by atoms with E-state index in [4.69, 9.17) is 29.6 Å². The second-order valence-electron chi connectivity index (χ2n) is 6.13. The summed E-state index contributed by atoms with van der Waals surface area (Å²) in [6.07, 6.45) is 0. The zero-order valence-electron chi connectivity index (χ0n) is 14.3. The zero-order chi connectivity index (χ0) is 19.1. The Morgan fingerprint density at radius 2 is 1.85 bits per heavy atom. The molecule has 2 aromatic heterocycles. The maximum absolute atomic E-state index is 13.3. The molecule has 0 saturated heterocycles. The topological polar surface area (TPSA) is 56.2 Å². The lowest BCUT2D eigenvalue weighted by Crippen LogP contribution is -2.14. The van der Waals surface area contributed by atoms with Gasteiger partial charge in [-0.1, -0.05) is 48.1 Å². The van der Waals surface area contributed by atoms with Crippen LogP contribution in [0.1, 0.15) is 11.3 Å². The molecule has 0 aliphatic heterocycles. The van der Waals surface area contributed by atoms with E-state index in [0.29, 0.717) is 22.1 Å². The average Bonchev–Trinajstić information content (AvgIpc) is 3.07. The van der Waals surface area contributed by atoms with Crippen LogP contribution in [0.15, 0.2) is 54.6 Å². The van der Waals surface area contributed by atoms with Crippen LogP contribution in [0.5, 0.6) is 0 Å². The molecule has 0 amide bonds. The highest BCUT2D eigenvalue weighted by molar-refractivity contribution is 7.80. The summed E-state index contributed by atoms with van der Waals surface area (Å²) in [5.41, 5.74) is 10.4. The number of pyridine rings is 1. The molecule has 0 spiro atoms. The van der Waals surface area contributed by atoms with Gasteiger partial charge in [0.1, 0.15) is 10.8 Å². The Morgan fingerprint density at radius 3 is 2.52 bits per heavy atom. The molecule has 0 bridgehead atoms. The second kappa shape index (κ2) is 6.72. The minimum Gasteiger partial charge on any atom is -0.389 e. The maximum Gasteiger partial charge on any atom is 0.182 e. The first-order valence-electron chi connectivity index (χ1n) is 8.16. The fraction of sp³-hybridized carbons (Fsp3) is 0.0500. The van der Waals surface area contributed by atoms with Crippen LogP contribution in [-0.4, -0.2) is 19.6 Å². The van der Waals surface area contributed by atoms with Crippen molar-refractivity contribution < 1.29 is 4.39 Å². The molecule has 4 aromatic rings. The van der Waals surface area contributed by atoms with Gasteiger partial charge in [0.2, 0.25) is 0 Å². The normalized spacial score (nSPS) is 11.1. The number of benzene rings is 2. The van der Waals surface area contributed by atoms with Gasteiger partial charge >= 0.3 is 0 Å². The largest absolute Gasteiger partial charge is 0.389 e. The molecule has 0 saturated carbocycles. The summed E-state index contributed by atoms with van der Waals surface area (Å²) in [6, 6.07) is 15.4. The molecule has 0 aliphatic carbocycles. The van der Waals surface area contributed by atoms with E-state index in [9.17, 15) is 4.39 Å². The smallest absolute Gasteiger partial charge is 0.182 e. The summed E-state index contributed by atoms with van der Waals surface area (Å²) in [7, 11) is 0. The number of aryl methyl sites for hydroxylation is 1. The van der Waals surface area contributed by atoms with E-state index < -0.39 is 0 Å². The third-order valence-electron chi connectivity index (χ3n) is 4.27. The lowest BCUT2D eigenvalue weighted by Gasteiger charge is -2.11. The van der Waals surface area contributed by atoms with Crippen molar-refractivity contribution in [1.82, 2.24) is 14.6 Å². The van der Waals surface area contributed by atoms with E-state index in [1.54, 1.807) is 28.8 Å². The third kappa shape index (κ3) is 3.18. The minimum absolute atomic E-state index is 0.198. The molecular formula is C20H14ClFN4S. The minimum atomic E-state index is -0.306. The number of nitrogens with zero attached hydrogens (tertiary/aromatic N) is 3. The van der Waals surface area contributed by atoms with E-state index in [2.05, 4.69) is 10.1 Å². The summed E-state index contributed by atoms with van der Waals surface area (Å²) < 4.78 is 15.0. The first-order valence-corrected chi connectivity index (χ1v) is 8.95. The maximum atomic E-state index is 13.3. The van der Waals surface area contributed by atoms with Crippen LogP contribution in [-0.2, 0) is 0 Å². The molecule has 134 valence electrons. The van der Waals surface area contributed by atoms with Gasteiger partial charge in [0.05, 0.1) is 5.56 Å². The Kier molecular flexibility index (Phi) is 4.37.